The molecule has 1 aliphatic rings. The summed E-state index contributed by atoms with van der Waals surface area (Å²) in [6.07, 6.45) is 2.18. The number of piperazine rings is 1. The molecule has 11 heteroatoms. The van der Waals surface area contributed by atoms with Crippen LogP contribution in [0.4, 0.5) is 5.82 Å². The van der Waals surface area contributed by atoms with E-state index in [4.69, 9.17) is 17.3 Å². The van der Waals surface area contributed by atoms with Crippen LogP contribution in [-0.4, -0.2) is 71.8 Å². The molecule has 2 N–H and O–H groups in total. The molecule has 2 heterocycles. The van der Waals surface area contributed by atoms with Crippen LogP contribution < -0.4 is 5.73 Å². The smallest absolute Gasteiger partial charge is 0.238 e. The molecule has 1 aliphatic heterocycles. The molecule has 9 nitrogen and oxygen atoms in total. The number of rotatable bonds is 6. The van der Waals surface area contributed by atoms with Crippen LogP contribution in [-0.2, 0) is 26.0 Å². The summed E-state index contributed by atoms with van der Waals surface area (Å²) < 4.78 is 25.2. The topological polar surface area (TPSA) is 127 Å². The maximum absolute atomic E-state index is 12.7. The van der Waals surface area contributed by atoms with Gasteiger partial charge in [-0.25, -0.2) is 18.4 Å². The molecule has 0 bridgehead atoms. The van der Waals surface area contributed by atoms with Gasteiger partial charge in [-0.05, 0) is 35.9 Å². The standard InChI is InChI=1S/C22H22ClN5O4S/c23-16-2-1-3-18(9-16)33(31,32)13-21(30)28-7-6-27(17(11-28)12-29)10-15-4-5-19-20(8-15)25-14-26-22(19)24/h1-5,8-9,12,14,17H,6-7,10-11,13H2,(H2,24,25,26). The van der Waals surface area contributed by atoms with Crippen molar-refractivity contribution in [3.05, 3.63) is 59.4 Å². The maximum Gasteiger partial charge on any atom is 0.238 e. The highest BCUT2D eigenvalue weighted by Crippen LogP contribution is 2.21. The third-order valence-corrected chi connectivity index (χ3v) is 7.46. The van der Waals surface area contributed by atoms with E-state index < -0.39 is 27.5 Å². The summed E-state index contributed by atoms with van der Waals surface area (Å²) in [5.41, 5.74) is 7.52. The van der Waals surface area contributed by atoms with E-state index >= 15 is 0 Å². The molecule has 33 heavy (non-hydrogen) atoms. The predicted octanol–water partition coefficient (Wildman–Crippen LogP) is 1.55. The maximum atomic E-state index is 12.7. The Bertz CT molecular complexity index is 1320. The van der Waals surface area contributed by atoms with E-state index in [1.807, 2.05) is 23.1 Å². The van der Waals surface area contributed by atoms with Crippen LogP contribution in [0.2, 0.25) is 5.02 Å². The van der Waals surface area contributed by atoms with Crippen LogP contribution in [0.25, 0.3) is 10.9 Å². The summed E-state index contributed by atoms with van der Waals surface area (Å²) in [7, 11) is -3.84. The number of fused-ring (bicyclic) bond motifs is 1. The molecule has 1 saturated heterocycles. The van der Waals surface area contributed by atoms with Gasteiger partial charge in [-0.15, -0.1) is 0 Å². The number of halogens is 1. The van der Waals surface area contributed by atoms with Crippen LogP contribution in [0, 0.1) is 0 Å². The monoisotopic (exact) mass is 487 g/mol. The fourth-order valence-corrected chi connectivity index (χ4v) is 5.38. The minimum absolute atomic E-state index is 0.00493. The number of sulfone groups is 1. The molecule has 3 aromatic rings. The Morgan fingerprint density at radius 2 is 2.00 bits per heavy atom. The first-order valence-electron chi connectivity index (χ1n) is 10.2. The number of hydrogen-bond acceptors (Lipinski definition) is 8. The van der Waals surface area contributed by atoms with Crippen molar-refractivity contribution in [3.8, 4) is 0 Å². The van der Waals surface area contributed by atoms with E-state index in [0.29, 0.717) is 31.0 Å². The van der Waals surface area contributed by atoms with Crippen molar-refractivity contribution in [2.75, 3.05) is 31.1 Å². The highest BCUT2D eigenvalue weighted by atomic mass is 35.5. The van der Waals surface area contributed by atoms with E-state index in [1.54, 1.807) is 6.07 Å². The van der Waals surface area contributed by atoms with Crippen molar-refractivity contribution in [1.82, 2.24) is 19.8 Å². The second-order valence-electron chi connectivity index (χ2n) is 7.84. The van der Waals surface area contributed by atoms with Gasteiger partial charge in [0.25, 0.3) is 0 Å². The lowest BCUT2D eigenvalue weighted by Crippen LogP contribution is -2.55. The molecule has 1 atom stereocenters. The third kappa shape index (κ3) is 5.13. The number of anilines is 1. The first kappa shape index (κ1) is 23.1. The second-order valence-corrected chi connectivity index (χ2v) is 10.3. The van der Waals surface area contributed by atoms with Crippen molar-refractivity contribution in [3.63, 3.8) is 0 Å². The number of carbonyl (C=O) groups is 2. The van der Waals surface area contributed by atoms with Gasteiger partial charge in [-0.1, -0.05) is 23.7 Å². The second kappa shape index (κ2) is 9.42. The van der Waals surface area contributed by atoms with Gasteiger partial charge in [0.1, 0.15) is 24.2 Å². The van der Waals surface area contributed by atoms with Gasteiger partial charge in [0.2, 0.25) is 5.91 Å². The number of hydrogen-bond donors (Lipinski definition) is 1. The lowest BCUT2D eigenvalue weighted by atomic mass is 10.1. The molecule has 1 aromatic heterocycles. The van der Waals surface area contributed by atoms with Crippen molar-refractivity contribution >= 4 is 50.4 Å². The lowest BCUT2D eigenvalue weighted by molar-refractivity contribution is -0.132. The zero-order chi connectivity index (χ0) is 23.6. The molecular weight excluding hydrogens is 466 g/mol. The van der Waals surface area contributed by atoms with Crippen molar-refractivity contribution in [1.29, 1.82) is 0 Å². The Morgan fingerprint density at radius 1 is 1.18 bits per heavy atom. The summed E-state index contributed by atoms with van der Waals surface area (Å²) >= 11 is 5.88. The van der Waals surface area contributed by atoms with Gasteiger partial charge < -0.3 is 15.4 Å². The Balaban J connectivity index is 1.43. The quantitative estimate of drug-likeness (QED) is 0.519. The molecule has 1 amide bonds. The highest BCUT2D eigenvalue weighted by molar-refractivity contribution is 7.92. The number of benzene rings is 2. The number of aldehydes is 1. The Hall–Kier alpha value is -3.08. The van der Waals surface area contributed by atoms with Crippen molar-refractivity contribution in [2.45, 2.75) is 17.5 Å². The molecule has 2 aromatic carbocycles. The van der Waals surface area contributed by atoms with Crippen LogP contribution in [0.3, 0.4) is 0 Å². The Kier molecular flexibility index (Phi) is 6.59. The largest absolute Gasteiger partial charge is 0.383 e. The fourth-order valence-electron chi connectivity index (χ4n) is 3.85. The number of nitrogens with zero attached hydrogens (tertiary/aromatic N) is 4. The summed E-state index contributed by atoms with van der Waals surface area (Å²) in [5.74, 6) is -0.818. The van der Waals surface area contributed by atoms with Crippen molar-refractivity contribution < 1.29 is 18.0 Å². The molecule has 0 radical (unpaired) electrons. The minimum atomic E-state index is -3.84. The number of nitrogens with two attached hydrogens (primary N) is 1. The zero-order valence-corrected chi connectivity index (χ0v) is 19.2. The molecule has 1 unspecified atom stereocenters. The van der Waals surface area contributed by atoms with E-state index in [2.05, 4.69) is 9.97 Å². The van der Waals surface area contributed by atoms with Crippen LogP contribution in [0.1, 0.15) is 5.56 Å². The number of aromatic nitrogens is 2. The molecule has 1 fully saturated rings. The summed E-state index contributed by atoms with van der Waals surface area (Å²) in [6, 6.07) is 10.9. The molecular formula is C22H22ClN5O4S. The minimum Gasteiger partial charge on any atom is -0.383 e. The molecule has 172 valence electrons. The van der Waals surface area contributed by atoms with Gasteiger partial charge in [0, 0.05) is 36.6 Å². The van der Waals surface area contributed by atoms with Crippen LogP contribution in [0.5, 0.6) is 0 Å². The zero-order valence-electron chi connectivity index (χ0n) is 17.6. The van der Waals surface area contributed by atoms with Gasteiger partial charge in [0.05, 0.1) is 16.5 Å². The predicted molar refractivity (Wildman–Crippen MR) is 124 cm³/mol. The molecule has 0 aliphatic carbocycles. The molecule has 0 spiro atoms. The van der Waals surface area contributed by atoms with Gasteiger partial charge in [0.15, 0.2) is 9.84 Å². The summed E-state index contributed by atoms with van der Waals surface area (Å²) in [5, 5.41) is 1.03. The van der Waals surface area contributed by atoms with Gasteiger partial charge in [-0.2, -0.15) is 0 Å². The Labute approximate surface area is 196 Å². The summed E-state index contributed by atoms with van der Waals surface area (Å²) in [4.78, 5) is 36.1. The van der Waals surface area contributed by atoms with E-state index in [0.717, 1.165) is 17.2 Å². The Morgan fingerprint density at radius 3 is 2.76 bits per heavy atom. The number of amides is 1. The van der Waals surface area contributed by atoms with E-state index in [-0.39, 0.29) is 16.5 Å². The summed E-state index contributed by atoms with van der Waals surface area (Å²) in [6.45, 7) is 1.34. The normalized spacial score (nSPS) is 17.2. The average Bonchev–Trinajstić information content (AvgIpc) is 2.79. The number of carbonyl (C=O) groups excluding carboxylic acids is 2. The number of nitrogen functional groups attached to an aromatic ring is 1. The average molecular weight is 488 g/mol. The first-order valence-corrected chi connectivity index (χ1v) is 12.2. The van der Waals surface area contributed by atoms with Gasteiger partial charge in [-0.3, -0.25) is 9.69 Å². The first-order chi connectivity index (χ1) is 15.8. The van der Waals surface area contributed by atoms with Crippen LogP contribution >= 0.6 is 11.6 Å². The highest BCUT2D eigenvalue weighted by Gasteiger charge is 2.31. The molecule has 4 rings (SSSR count). The van der Waals surface area contributed by atoms with E-state index in [9.17, 15) is 18.0 Å². The fraction of sp³-hybridized carbons (Fsp3) is 0.273. The molecule has 0 saturated carbocycles. The SMILES string of the molecule is Nc1ncnc2cc(CN3CCN(C(=O)CS(=O)(=O)c4cccc(Cl)c4)CC3C=O)ccc12. The van der Waals surface area contributed by atoms with Gasteiger partial charge >= 0.3 is 0 Å². The van der Waals surface area contributed by atoms with E-state index in [1.165, 1.54) is 29.4 Å². The third-order valence-electron chi connectivity index (χ3n) is 5.63. The van der Waals surface area contributed by atoms with Crippen molar-refractivity contribution in [2.24, 2.45) is 0 Å². The lowest BCUT2D eigenvalue weighted by Gasteiger charge is -2.39. The van der Waals surface area contributed by atoms with Crippen LogP contribution in [0.15, 0.2) is 53.7 Å².